The van der Waals surface area contributed by atoms with Crippen molar-refractivity contribution in [3.05, 3.63) is 28.8 Å². The predicted molar refractivity (Wildman–Crippen MR) is 76.9 cm³/mol. The number of hydrogen-bond donors (Lipinski definition) is 1. The number of benzene rings is 1. The average molecular weight is 269 g/mol. The molecular formula is C13H17ClN2S. The summed E-state index contributed by atoms with van der Waals surface area (Å²) in [4.78, 5) is 0. The zero-order valence-corrected chi connectivity index (χ0v) is 11.7. The standard InChI is InChI=1S/C13H17ClN2S/c1-3-17-8-7-10(2)16-13-6-4-5-12(14)11(13)9-15/h4-6,10,16H,3,7-8H2,1-2H3. The van der Waals surface area contributed by atoms with Gasteiger partial charge >= 0.3 is 0 Å². The largest absolute Gasteiger partial charge is 0.381 e. The zero-order chi connectivity index (χ0) is 12.7. The lowest BCUT2D eigenvalue weighted by molar-refractivity contribution is 0.771. The monoisotopic (exact) mass is 268 g/mol. The van der Waals surface area contributed by atoms with Crippen LogP contribution in [0.1, 0.15) is 25.8 Å². The fraction of sp³-hybridized carbons (Fsp3) is 0.462. The number of nitrogens with zero attached hydrogens (tertiary/aromatic N) is 1. The lowest BCUT2D eigenvalue weighted by Gasteiger charge is -2.16. The van der Waals surface area contributed by atoms with Crippen molar-refractivity contribution >= 4 is 29.1 Å². The summed E-state index contributed by atoms with van der Waals surface area (Å²) in [5, 5.41) is 12.9. The molecule has 1 unspecified atom stereocenters. The van der Waals surface area contributed by atoms with Gasteiger partial charge in [0, 0.05) is 6.04 Å². The molecule has 0 radical (unpaired) electrons. The van der Waals surface area contributed by atoms with Gasteiger partial charge in [-0.05, 0) is 37.0 Å². The number of anilines is 1. The highest BCUT2D eigenvalue weighted by Gasteiger charge is 2.08. The molecule has 0 bridgehead atoms. The van der Waals surface area contributed by atoms with E-state index in [0.29, 0.717) is 16.6 Å². The van der Waals surface area contributed by atoms with Crippen LogP contribution in [0.5, 0.6) is 0 Å². The van der Waals surface area contributed by atoms with E-state index in [0.717, 1.165) is 23.6 Å². The molecule has 1 aromatic rings. The minimum atomic E-state index is 0.347. The summed E-state index contributed by atoms with van der Waals surface area (Å²) >= 11 is 7.90. The van der Waals surface area contributed by atoms with Crippen molar-refractivity contribution in [3.8, 4) is 6.07 Å². The van der Waals surface area contributed by atoms with Crippen LogP contribution in [0.25, 0.3) is 0 Å². The summed E-state index contributed by atoms with van der Waals surface area (Å²) < 4.78 is 0. The summed E-state index contributed by atoms with van der Waals surface area (Å²) in [5.74, 6) is 2.28. The Morgan fingerprint density at radius 2 is 2.29 bits per heavy atom. The second kappa shape index (κ2) is 7.47. The van der Waals surface area contributed by atoms with Gasteiger partial charge in [-0.1, -0.05) is 24.6 Å². The molecule has 92 valence electrons. The fourth-order valence-corrected chi connectivity index (χ4v) is 2.53. The van der Waals surface area contributed by atoms with Gasteiger partial charge in [-0.25, -0.2) is 0 Å². The normalized spacial score (nSPS) is 11.9. The molecule has 0 aliphatic rings. The first-order chi connectivity index (χ1) is 8.19. The highest BCUT2D eigenvalue weighted by molar-refractivity contribution is 7.99. The van der Waals surface area contributed by atoms with Crippen molar-refractivity contribution in [2.75, 3.05) is 16.8 Å². The molecule has 1 aromatic carbocycles. The van der Waals surface area contributed by atoms with Crippen molar-refractivity contribution in [2.45, 2.75) is 26.3 Å². The SMILES string of the molecule is CCSCCC(C)Nc1cccc(Cl)c1C#N. The van der Waals surface area contributed by atoms with Crippen LogP contribution in [0, 0.1) is 11.3 Å². The van der Waals surface area contributed by atoms with Crippen molar-refractivity contribution in [1.29, 1.82) is 5.26 Å². The van der Waals surface area contributed by atoms with Gasteiger partial charge in [-0.3, -0.25) is 0 Å². The smallest absolute Gasteiger partial charge is 0.103 e. The van der Waals surface area contributed by atoms with Crippen LogP contribution < -0.4 is 5.32 Å². The minimum Gasteiger partial charge on any atom is -0.381 e. The molecule has 0 fully saturated rings. The number of rotatable bonds is 6. The van der Waals surface area contributed by atoms with Gasteiger partial charge in [0.1, 0.15) is 6.07 Å². The number of halogens is 1. The van der Waals surface area contributed by atoms with Crippen molar-refractivity contribution in [2.24, 2.45) is 0 Å². The van der Waals surface area contributed by atoms with Crippen LogP contribution in [0.3, 0.4) is 0 Å². The quantitative estimate of drug-likeness (QED) is 0.787. The minimum absolute atomic E-state index is 0.347. The summed E-state index contributed by atoms with van der Waals surface area (Å²) in [6.07, 6.45) is 1.08. The van der Waals surface area contributed by atoms with Gasteiger partial charge in [-0.2, -0.15) is 17.0 Å². The van der Waals surface area contributed by atoms with E-state index in [-0.39, 0.29) is 0 Å². The Hall–Kier alpha value is -0.850. The first kappa shape index (κ1) is 14.2. The molecule has 0 saturated heterocycles. The van der Waals surface area contributed by atoms with Crippen LogP contribution >= 0.6 is 23.4 Å². The molecular weight excluding hydrogens is 252 g/mol. The van der Waals surface area contributed by atoms with Crippen LogP contribution in [0.15, 0.2) is 18.2 Å². The molecule has 17 heavy (non-hydrogen) atoms. The van der Waals surface area contributed by atoms with Gasteiger partial charge in [-0.15, -0.1) is 0 Å². The van der Waals surface area contributed by atoms with Crippen molar-refractivity contribution in [3.63, 3.8) is 0 Å². The third-order valence-electron chi connectivity index (χ3n) is 2.43. The Morgan fingerprint density at radius 1 is 1.53 bits per heavy atom. The molecule has 1 rings (SSSR count). The molecule has 0 aliphatic heterocycles. The molecule has 0 aromatic heterocycles. The predicted octanol–water partition coefficient (Wildman–Crippen LogP) is 4.16. The number of nitrogens with one attached hydrogen (secondary N) is 1. The van der Waals surface area contributed by atoms with Gasteiger partial charge in [0.15, 0.2) is 0 Å². The maximum Gasteiger partial charge on any atom is 0.103 e. The highest BCUT2D eigenvalue weighted by atomic mass is 35.5. The van der Waals surface area contributed by atoms with Crippen LogP contribution in [0.2, 0.25) is 5.02 Å². The zero-order valence-electron chi connectivity index (χ0n) is 10.2. The Morgan fingerprint density at radius 3 is 2.94 bits per heavy atom. The second-order valence-electron chi connectivity index (χ2n) is 3.81. The lowest BCUT2D eigenvalue weighted by Crippen LogP contribution is -2.16. The van der Waals surface area contributed by atoms with E-state index in [1.807, 2.05) is 23.9 Å². The number of hydrogen-bond acceptors (Lipinski definition) is 3. The average Bonchev–Trinajstić information content (AvgIpc) is 2.29. The van der Waals surface area contributed by atoms with Crippen molar-refractivity contribution < 1.29 is 0 Å². The first-order valence-electron chi connectivity index (χ1n) is 5.72. The molecule has 0 heterocycles. The number of thioether (sulfide) groups is 1. The molecule has 1 atom stereocenters. The molecule has 4 heteroatoms. The van der Waals surface area contributed by atoms with E-state index in [1.165, 1.54) is 0 Å². The third kappa shape index (κ3) is 4.49. The first-order valence-corrected chi connectivity index (χ1v) is 7.25. The fourth-order valence-electron chi connectivity index (χ4n) is 1.50. The van der Waals surface area contributed by atoms with Crippen molar-refractivity contribution in [1.82, 2.24) is 0 Å². The maximum atomic E-state index is 9.05. The Labute approximate surface area is 112 Å². The lowest BCUT2D eigenvalue weighted by atomic mass is 10.1. The van der Waals surface area contributed by atoms with Crippen LogP contribution in [-0.4, -0.2) is 17.5 Å². The molecule has 0 amide bonds. The maximum absolute atomic E-state index is 9.05. The van der Waals surface area contributed by atoms with E-state index in [9.17, 15) is 0 Å². The van der Waals surface area contributed by atoms with Crippen LogP contribution in [-0.2, 0) is 0 Å². The van der Waals surface area contributed by atoms with Gasteiger partial charge in [0.25, 0.3) is 0 Å². The molecule has 2 nitrogen and oxygen atoms in total. The van der Waals surface area contributed by atoms with Gasteiger partial charge < -0.3 is 5.32 Å². The molecule has 0 saturated carbocycles. The van der Waals surface area contributed by atoms with E-state index < -0.39 is 0 Å². The van der Waals surface area contributed by atoms with E-state index in [2.05, 4.69) is 25.2 Å². The topological polar surface area (TPSA) is 35.8 Å². The molecule has 1 N–H and O–H groups in total. The summed E-state index contributed by atoms with van der Waals surface area (Å²) in [5.41, 5.74) is 1.36. The van der Waals surface area contributed by atoms with Gasteiger partial charge in [0.05, 0.1) is 16.3 Å². The number of nitriles is 1. The van der Waals surface area contributed by atoms with E-state index in [4.69, 9.17) is 16.9 Å². The second-order valence-corrected chi connectivity index (χ2v) is 5.61. The third-order valence-corrected chi connectivity index (χ3v) is 3.67. The Bertz CT molecular complexity index is 401. The Kier molecular flexibility index (Phi) is 6.25. The summed E-state index contributed by atoms with van der Waals surface area (Å²) in [6.45, 7) is 4.28. The van der Waals surface area contributed by atoms with Crippen LogP contribution in [0.4, 0.5) is 5.69 Å². The van der Waals surface area contributed by atoms with E-state index in [1.54, 1.807) is 6.07 Å². The van der Waals surface area contributed by atoms with Gasteiger partial charge in [0.2, 0.25) is 0 Å². The molecule has 0 aliphatic carbocycles. The highest BCUT2D eigenvalue weighted by Crippen LogP contribution is 2.24. The van der Waals surface area contributed by atoms with E-state index >= 15 is 0 Å². The molecule has 0 spiro atoms. The summed E-state index contributed by atoms with van der Waals surface area (Å²) in [6, 6.07) is 7.98. The Balaban J connectivity index is 2.62. The summed E-state index contributed by atoms with van der Waals surface area (Å²) in [7, 11) is 0.